The minimum Gasteiger partial charge on any atom is -0.479 e. The van der Waals surface area contributed by atoms with E-state index in [2.05, 4.69) is 16.4 Å². The molecule has 0 aliphatic carbocycles. The second-order valence-electron chi connectivity index (χ2n) is 6.41. The van der Waals surface area contributed by atoms with Crippen LogP contribution in [0.1, 0.15) is 17.2 Å². The molecule has 3 rings (SSSR count). The summed E-state index contributed by atoms with van der Waals surface area (Å²) in [6.45, 7) is 0.205. The van der Waals surface area contributed by atoms with Crippen LogP contribution in [0.25, 0.3) is 0 Å². The molecule has 0 radical (unpaired) electrons. The number of H-pyrrole nitrogens is 1. The van der Waals surface area contributed by atoms with Crippen molar-refractivity contribution in [1.82, 2.24) is 4.98 Å². The first-order valence-electron chi connectivity index (χ1n) is 8.37. The molecule has 0 spiro atoms. The van der Waals surface area contributed by atoms with Crippen molar-refractivity contribution in [3.8, 4) is 11.8 Å². The molecule has 27 heavy (non-hydrogen) atoms. The maximum Gasteiger partial charge on any atom is 0.248 e. The van der Waals surface area contributed by atoms with E-state index in [-0.39, 0.29) is 18.8 Å². The van der Waals surface area contributed by atoms with Crippen LogP contribution in [0, 0.1) is 11.3 Å². The Morgan fingerprint density at radius 3 is 2.63 bits per heavy atom. The van der Waals surface area contributed by atoms with Crippen molar-refractivity contribution >= 4 is 5.69 Å². The monoisotopic (exact) mass is 371 g/mol. The summed E-state index contributed by atoms with van der Waals surface area (Å²) >= 11 is 0. The molecule has 8 nitrogen and oxygen atoms in total. The molecule has 2 aromatic rings. The lowest BCUT2D eigenvalue weighted by Gasteiger charge is -2.45. The number of methoxy groups -OCH3 is 2. The smallest absolute Gasteiger partial charge is 0.248 e. The van der Waals surface area contributed by atoms with Crippen LogP contribution in [0.5, 0.6) is 5.75 Å². The predicted octanol–water partition coefficient (Wildman–Crippen LogP) is 1.18. The topological polar surface area (TPSA) is 117 Å². The van der Waals surface area contributed by atoms with Crippen molar-refractivity contribution in [3.63, 3.8) is 0 Å². The summed E-state index contributed by atoms with van der Waals surface area (Å²) in [5.41, 5.74) is 0.329. The van der Waals surface area contributed by atoms with Crippen LogP contribution in [0.2, 0.25) is 0 Å². The largest absolute Gasteiger partial charge is 0.479 e. The van der Waals surface area contributed by atoms with Gasteiger partial charge in [0.25, 0.3) is 0 Å². The zero-order valence-electron chi connectivity index (χ0n) is 15.1. The highest BCUT2D eigenvalue weighted by atomic mass is 16.6. The van der Waals surface area contributed by atoms with Gasteiger partial charge in [-0.25, -0.2) is 0 Å². The highest BCUT2D eigenvalue weighted by molar-refractivity contribution is 5.52. The molecule has 1 aromatic carbocycles. The molecule has 0 amide bonds. The Kier molecular flexibility index (Phi) is 5.46. The van der Waals surface area contributed by atoms with E-state index in [1.54, 1.807) is 24.3 Å². The molecule has 0 unspecified atom stereocenters. The minimum absolute atomic E-state index is 0.102. The molecule has 2 atom stereocenters. The summed E-state index contributed by atoms with van der Waals surface area (Å²) in [5, 5.41) is 23.6. The number of fused-ring (bicyclic) bond motifs is 1. The molecule has 0 saturated heterocycles. The van der Waals surface area contributed by atoms with E-state index in [1.165, 1.54) is 26.5 Å². The number of nitrogens with zero attached hydrogens (tertiary/aromatic N) is 1. The quantitative estimate of drug-likeness (QED) is 0.698. The van der Waals surface area contributed by atoms with Crippen molar-refractivity contribution in [3.05, 3.63) is 58.0 Å². The molecule has 0 saturated carbocycles. The Balaban J connectivity index is 2.08. The van der Waals surface area contributed by atoms with Crippen molar-refractivity contribution in [2.75, 3.05) is 32.8 Å². The Hall–Kier alpha value is -2.86. The summed E-state index contributed by atoms with van der Waals surface area (Å²) < 4.78 is 16.7. The third-order valence-electron chi connectivity index (χ3n) is 4.53. The fourth-order valence-electron chi connectivity index (χ4n) is 3.30. The van der Waals surface area contributed by atoms with Gasteiger partial charge < -0.3 is 29.6 Å². The van der Waals surface area contributed by atoms with Gasteiger partial charge in [0.1, 0.15) is 11.9 Å². The average Bonchev–Trinajstić information content (AvgIpc) is 2.67. The molecule has 2 heterocycles. The van der Waals surface area contributed by atoms with Gasteiger partial charge in [-0.3, -0.25) is 4.79 Å². The number of ether oxygens (including phenoxy) is 3. The van der Waals surface area contributed by atoms with E-state index in [4.69, 9.17) is 14.2 Å². The summed E-state index contributed by atoms with van der Waals surface area (Å²) in [6.07, 6.45) is 0.470. The standard InChI is InChI=1S/C19H21N3O5/c1-25-10-19(11-26-2)18(24)17(22-13-4-6-16(23)21-9-13)14-7-12(8-20)3-5-15(14)27-19/h3-7,9,17-18,22,24H,10-11H2,1-2H3,(H,21,23)/t17-,18+/m1/s1. The number of aliphatic hydroxyl groups is 1. The van der Waals surface area contributed by atoms with Gasteiger partial charge in [-0.2, -0.15) is 5.26 Å². The number of hydrogen-bond donors (Lipinski definition) is 3. The third kappa shape index (κ3) is 3.66. The minimum atomic E-state index is -1.13. The molecule has 1 aliphatic heterocycles. The van der Waals surface area contributed by atoms with E-state index < -0.39 is 17.7 Å². The highest BCUT2D eigenvalue weighted by Crippen LogP contribution is 2.42. The van der Waals surface area contributed by atoms with Crippen LogP contribution in [0.15, 0.2) is 41.3 Å². The van der Waals surface area contributed by atoms with Gasteiger partial charge in [-0.05, 0) is 24.3 Å². The zero-order chi connectivity index (χ0) is 19.4. The molecular formula is C19H21N3O5. The molecule has 0 fully saturated rings. The number of pyridine rings is 1. The van der Waals surface area contributed by atoms with Gasteiger partial charge in [-0.15, -0.1) is 0 Å². The number of aromatic nitrogens is 1. The van der Waals surface area contributed by atoms with Crippen molar-refractivity contribution in [2.45, 2.75) is 17.7 Å². The maximum absolute atomic E-state index is 11.3. The SMILES string of the molecule is COCC1(COC)Oc2ccc(C#N)cc2[C@@H](Nc2ccc(=O)[nH]c2)[C@@H]1O. The average molecular weight is 371 g/mol. The molecular weight excluding hydrogens is 350 g/mol. The Labute approximate surface area is 156 Å². The zero-order valence-corrected chi connectivity index (χ0v) is 15.1. The fraction of sp³-hybridized carbons (Fsp3) is 0.368. The molecule has 142 valence electrons. The summed E-state index contributed by atoms with van der Waals surface area (Å²) in [7, 11) is 3.04. The van der Waals surface area contributed by atoms with Crippen LogP contribution >= 0.6 is 0 Å². The lowest BCUT2D eigenvalue weighted by molar-refractivity contribution is -0.142. The van der Waals surface area contributed by atoms with Crippen molar-refractivity contribution in [2.24, 2.45) is 0 Å². The number of anilines is 1. The van der Waals surface area contributed by atoms with Crippen LogP contribution < -0.4 is 15.6 Å². The summed E-state index contributed by atoms with van der Waals surface area (Å²) in [5.74, 6) is 0.523. The number of rotatable bonds is 6. The number of nitrogens with one attached hydrogen (secondary N) is 2. The Bertz CT molecular complexity index is 878. The van der Waals surface area contributed by atoms with E-state index in [1.807, 2.05) is 0 Å². The van der Waals surface area contributed by atoms with Gasteiger partial charge in [0, 0.05) is 32.0 Å². The number of benzene rings is 1. The first-order valence-corrected chi connectivity index (χ1v) is 8.37. The number of nitriles is 1. The van der Waals surface area contributed by atoms with E-state index >= 15 is 0 Å². The first kappa shape index (κ1) is 18.9. The lowest BCUT2D eigenvalue weighted by atomic mass is 9.84. The van der Waals surface area contributed by atoms with Gasteiger partial charge in [0.15, 0.2) is 5.60 Å². The second kappa shape index (κ2) is 7.80. The Morgan fingerprint density at radius 2 is 2.04 bits per heavy atom. The molecule has 8 heteroatoms. The highest BCUT2D eigenvalue weighted by Gasteiger charge is 2.50. The maximum atomic E-state index is 11.3. The molecule has 1 aromatic heterocycles. The lowest BCUT2D eigenvalue weighted by Crippen LogP contribution is -2.60. The van der Waals surface area contributed by atoms with Gasteiger partial charge in [0.2, 0.25) is 5.56 Å². The summed E-state index contributed by atoms with van der Waals surface area (Å²) in [4.78, 5) is 13.9. The first-order chi connectivity index (χ1) is 13.0. The molecule has 3 N–H and O–H groups in total. The third-order valence-corrected chi connectivity index (χ3v) is 4.53. The van der Waals surface area contributed by atoms with Crippen molar-refractivity contribution in [1.29, 1.82) is 5.26 Å². The number of aliphatic hydroxyl groups excluding tert-OH is 1. The number of aromatic amines is 1. The summed E-state index contributed by atoms with van der Waals surface area (Å²) in [6, 6.07) is 9.50. The van der Waals surface area contributed by atoms with E-state index in [0.717, 1.165) is 0 Å². The molecule has 1 aliphatic rings. The van der Waals surface area contributed by atoms with Gasteiger partial charge in [-0.1, -0.05) is 0 Å². The van der Waals surface area contributed by atoms with Crippen LogP contribution in [-0.4, -0.2) is 49.2 Å². The van der Waals surface area contributed by atoms with Crippen LogP contribution in [-0.2, 0) is 9.47 Å². The van der Waals surface area contributed by atoms with Crippen LogP contribution in [0.3, 0.4) is 0 Å². The normalized spacial score (nSPS) is 20.2. The van der Waals surface area contributed by atoms with Crippen molar-refractivity contribution < 1.29 is 19.3 Å². The van der Waals surface area contributed by atoms with Crippen LogP contribution in [0.4, 0.5) is 5.69 Å². The Morgan fingerprint density at radius 1 is 1.30 bits per heavy atom. The number of hydrogen-bond acceptors (Lipinski definition) is 7. The van der Waals surface area contributed by atoms with E-state index in [9.17, 15) is 15.2 Å². The molecule has 0 bridgehead atoms. The predicted molar refractivity (Wildman–Crippen MR) is 97.7 cm³/mol. The van der Waals surface area contributed by atoms with Gasteiger partial charge in [0.05, 0.1) is 36.6 Å². The van der Waals surface area contributed by atoms with Gasteiger partial charge >= 0.3 is 0 Å². The fourth-order valence-corrected chi connectivity index (χ4v) is 3.30. The van der Waals surface area contributed by atoms with E-state index in [0.29, 0.717) is 22.6 Å². The second-order valence-corrected chi connectivity index (χ2v) is 6.41.